The van der Waals surface area contributed by atoms with E-state index in [-0.39, 0.29) is 24.3 Å². The smallest absolute Gasteiger partial charge is 0.305 e. The van der Waals surface area contributed by atoms with Crippen LogP contribution in [0.4, 0.5) is 0 Å². The summed E-state index contributed by atoms with van der Waals surface area (Å²) in [6, 6.07) is -0.269. The summed E-state index contributed by atoms with van der Waals surface area (Å²) in [5.41, 5.74) is 0. The molecule has 0 aromatic rings. The number of hydrogen-bond donors (Lipinski definition) is 2. The van der Waals surface area contributed by atoms with Crippen molar-refractivity contribution in [2.75, 3.05) is 0 Å². The first-order valence-electron chi connectivity index (χ1n) is 5.30. The number of amides is 1. The molecule has 2 aliphatic carbocycles. The Morgan fingerprint density at radius 3 is 2.38 bits per heavy atom. The van der Waals surface area contributed by atoms with Crippen LogP contribution in [0.3, 0.4) is 0 Å². The third-order valence-electron chi connectivity index (χ3n) is 3.06. The molecule has 0 aromatic heterocycles. The first-order chi connectivity index (χ1) is 7.40. The lowest BCUT2D eigenvalue weighted by Crippen LogP contribution is -2.39. The zero-order valence-electron chi connectivity index (χ0n) is 8.58. The minimum absolute atomic E-state index is 0.0271. The lowest BCUT2D eigenvalue weighted by molar-refractivity contribution is -0.138. The molecule has 2 saturated carbocycles. The summed E-state index contributed by atoms with van der Waals surface area (Å²) in [7, 11) is 0. The number of hydrogen-bond acceptors (Lipinski definition) is 2. The number of carboxylic acids is 1. The van der Waals surface area contributed by atoms with E-state index in [1.807, 2.05) is 0 Å². The number of rotatable bonds is 5. The molecule has 2 atom stereocenters. The lowest BCUT2D eigenvalue weighted by Gasteiger charge is -2.16. The van der Waals surface area contributed by atoms with Crippen LogP contribution in [0.25, 0.3) is 0 Å². The van der Waals surface area contributed by atoms with E-state index in [1.54, 1.807) is 0 Å². The van der Waals surface area contributed by atoms with Gasteiger partial charge in [0, 0.05) is 6.04 Å². The molecule has 2 unspecified atom stereocenters. The number of halogens is 2. The maximum Gasteiger partial charge on any atom is 0.305 e. The molecule has 0 aliphatic heterocycles. The first kappa shape index (κ1) is 12.0. The largest absolute Gasteiger partial charge is 0.481 e. The SMILES string of the molecule is O=C(O)CC(NC(=O)C1CC1(Cl)Cl)C1CC1. The first-order valence-corrected chi connectivity index (χ1v) is 6.06. The second-order valence-electron chi connectivity index (χ2n) is 4.57. The van der Waals surface area contributed by atoms with Gasteiger partial charge in [0.2, 0.25) is 5.91 Å². The molecule has 2 N–H and O–H groups in total. The number of alkyl halides is 2. The molecule has 16 heavy (non-hydrogen) atoms. The second-order valence-corrected chi connectivity index (χ2v) is 6.11. The maximum atomic E-state index is 11.7. The summed E-state index contributed by atoms with van der Waals surface area (Å²) in [4.78, 5) is 22.3. The van der Waals surface area contributed by atoms with Crippen molar-refractivity contribution >= 4 is 35.1 Å². The van der Waals surface area contributed by atoms with Crippen LogP contribution in [0.15, 0.2) is 0 Å². The van der Waals surface area contributed by atoms with E-state index < -0.39 is 10.3 Å². The fraction of sp³-hybridized carbons (Fsp3) is 0.800. The summed E-state index contributed by atoms with van der Waals surface area (Å²) in [5.74, 6) is -1.19. The highest BCUT2D eigenvalue weighted by Crippen LogP contribution is 2.53. The average Bonchev–Trinajstić information content (AvgIpc) is 2.98. The van der Waals surface area contributed by atoms with Crippen LogP contribution in [0.2, 0.25) is 0 Å². The standard InChI is InChI=1S/C10H13Cl2NO3/c11-10(12)4-6(10)9(16)13-7(3-8(14)15)5-1-2-5/h5-7H,1-4H2,(H,13,16)(H,14,15). The minimum Gasteiger partial charge on any atom is -0.481 e. The molecule has 2 fully saturated rings. The molecule has 0 heterocycles. The highest BCUT2D eigenvalue weighted by molar-refractivity contribution is 6.52. The van der Waals surface area contributed by atoms with Gasteiger partial charge in [-0.1, -0.05) is 0 Å². The minimum atomic E-state index is -0.943. The molecule has 2 rings (SSSR count). The van der Waals surface area contributed by atoms with E-state index in [1.165, 1.54) is 0 Å². The van der Waals surface area contributed by atoms with Gasteiger partial charge in [0.15, 0.2) is 0 Å². The molecular formula is C10H13Cl2NO3. The van der Waals surface area contributed by atoms with E-state index in [0.29, 0.717) is 12.3 Å². The van der Waals surface area contributed by atoms with Crippen molar-refractivity contribution in [1.29, 1.82) is 0 Å². The molecule has 90 valence electrons. The Kier molecular flexibility index (Phi) is 3.05. The third kappa shape index (κ3) is 2.80. The molecule has 0 spiro atoms. The fourth-order valence-corrected chi connectivity index (χ4v) is 2.31. The quantitative estimate of drug-likeness (QED) is 0.742. The van der Waals surface area contributed by atoms with Crippen LogP contribution in [0.1, 0.15) is 25.7 Å². The van der Waals surface area contributed by atoms with Crippen molar-refractivity contribution in [3.63, 3.8) is 0 Å². The molecule has 1 amide bonds. The van der Waals surface area contributed by atoms with Crippen LogP contribution in [-0.4, -0.2) is 27.4 Å². The van der Waals surface area contributed by atoms with E-state index in [9.17, 15) is 9.59 Å². The molecule has 0 aromatic carbocycles. The highest BCUT2D eigenvalue weighted by atomic mass is 35.5. The molecule has 6 heteroatoms. The van der Waals surface area contributed by atoms with Gasteiger partial charge in [0.05, 0.1) is 12.3 Å². The highest BCUT2D eigenvalue weighted by Gasteiger charge is 2.56. The van der Waals surface area contributed by atoms with Crippen molar-refractivity contribution < 1.29 is 14.7 Å². The van der Waals surface area contributed by atoms with Crippen molar-refractivity contribution in [3.8, 4) is 0 Å². The van der Waals surface area contributed by atoms with Gasteiger partial charge in [-0.15, -0.1) is 23.2 Å². The average molecular weight is 266 g/mol. The Morgan fingerprint density at radius 2 is 2.00 bits per heavy atom. The van der Waals surface area contributed by atoms with Crippen LogP contribution in [0.5, 0.6) is 0 Å². The van der Waals surface area contributed by atoms with Gasteiger partial charge in [0.25, 0.3) is 0 Å². The lowest BCUT2D eigenvalue weighted by atomic mass is 10.1. The Hall–Kier alpha value is -0.480. The zero-order chi connectivity index (χ0) is 11.9. The van der Waals surface area contributed by atoms with Crippen LogP contribution in [0, 0.1) is 11.8 Å². The summed E-state index contributed by atoms with van der Waals surface area (Å²) in [6.45, 7) is 0. The topological polar surface area (TPSA) is 66.4 Å². The number of aliphatic carboxylic acids is 1. The summed E-state index contributed by atoms with van der Waals surface area (Å²) in [6.07, 6.45) is 2.39. The number of carbonyl (C=O) groups excluding carboxylic acids is 1. The van der Waals surface area contributed by atoms with E-state index in [0.717, 1.165) is 12.8 Å². The predicted octanol–water partition coefficient (Wildman–Crippen LogP) is 1.55. The van der Waals surface area contributed by atoms with E-state index in [2.05, 4.69) is 5.32 Å². The Balaban J connectivity index is 1.86. The number of nitrogens with one attached hydrogen (secondary N) is 1. The number of carboxylic acid groups (broad SMARTS) is 1. The Morgan fingerprint density at radius 1 is 1.44 bits per heavy atom. The monoisotopic (exact) mass is 265 g/mol. The molecule has 0 radical (unpaired) electrons. The Bertz CT molecular complexity index is 328. The molecule has 2 aliphatic rings. The molecule has 4 nitrogen and oxygen atoms in total. The van der Waals surface area contributed by atoms with Crippen molar-refractivity contribution in [3.05, 3.63) is 0 Å². The number of carbonyl (C=O) groups is 2. The van der Waals surface area contributed by atoms with Gasteiger partial charge < -0.3 is 10.4 Å². The molecular weight excluding hydrogens is 253 g/mol. The fourth-order valence-electron chi connectivity index (χ4n) is 1.80. The van der Waals surface area contributed by atoms with Gasteiger partial charge in [0.1, 0.15) is 4.33 Å². The van der Waals surface area contributed by atoms with Gasteiger partial charge in [-0.05, 0) is 25.2 Å². The summed E-state index contributed by atoms with van der Waals surface area (Å²) in [5, 5.41) is 11.5. The van der Waals surface area contributed by atoms with Crippen molar-refractivity contribution in [2.45, 2.75) is 36.1 Å². The van der Waals surface area contributed by atoms with Crippen LogP contribution in [-0.2, 0) is 9.59 Å². The summed E-state index contributed by atoms with van der Waals surface area (Å²) < 4.78 is -0.943. The zero-order valence-corrected chi connectivity index (χ0v) is 10.1. The van der Waals surface area contributed by atoms with Gasteiger partial charge in [-0.25, -0.2) is 0 Å². The van der Waals surface area contributed by atoms with Crippen molar-refractivity contribution in [2.24, 2.45) is 11.8 Å². The van der Waals surface area contributed by atoms with Crippen LogP contribution >= 0.6 is 23.2 Å². The summed E-state index contributed by atoms with van der Waals surface area (Å²) >= 11 is 11.5. The van der Waals surface area contributed by atoms with E-state index in [4.69, 9.17) is 28.3 Å². The van der Waals surface area contributed by atoms with Gasteiger partial charge in [-0.2, -0.15) is 0 Å². The second kappa shape index (κ2) is 4.08. The predicted molar refractivity (Wildman–Crippen MR) is 59.5 cm³/mol. The van der Waals surface area contributed by atoms with Crippen molar-refractivity contribution in [1.82, 2.24) is 5.32 Å². The third-order valence-corrected chi connectivity index (χ3v) is 3.89. The van der Waals surface area contributed by atoms with E-state index >= 15 is 0 Å². The molecule has 0 bridgehead atoms. The Labute approximate surface area is 103 Å². The van der Waals surface area contributed by atoms with Gasteiger partial charge in [-0.3, -0.25) is 9.59 Å². The maximum absolute atomic E-state index is 11.7. The molecule has 0 saturated heterocycles. The van der Waals surface area contributed by atoms with Crippen LogP contribution < -0.4 is 5.32 Å². The normalized spacial score (nSPS) is 28.2. The van der Waals surface area contributed by atoms with Gasteiger partial charge >= 0.3 is 5.97 Å².